The molecular formula is C13H18N2O. The second-order valence-corrected chi connectivity index (χ2v) is 4.99. The molecule has 16 heavy (non-hydrogen) atoms. The molecule has 0 aliphatic rings. The van der Waals surface area contributed by atoms with Gasteiger partial charge in [0.15, 0.2) is 0 Å². The SMILES string of the molecule is CC(C)c1nc(C(C)(C)O)c2ccccn12. The summed E-state index contributed by atoms with van der Waals surface area (Å²) in [6.07, 6.45) is 1.99. The standard InChI is InChI=1S/C13H18N2O/c1-9(2)12-14-11(13(3,4)16)10-7-5-6-8-15(10)12/h5-9,16H,1-4H3. The van der Waals surface area contributed by atoms with Crippen molar-refractivity contribution in [2.45, 2.75) is 39.2 Å². The minimum atomic E-state index is -0.903. The predicted molar refractivity (Wildman–Crippen MR) is 64.5 cm³/mol. The van der Waals surface area contributed by atoms with E-state index in [0.717, 1.165) is 17.0 Å². The van der Waals surface area contributed by atoms with Crippen LogP contribution in [0.2, 0.25) is 0 Å². The van der Waals surface area contributed by atoms with Gasteiger partial charge >= 0.3 is 0 Å². The van der Waals surface area contributed by atoms with Gasteiger partial charge in [-0.15, -0.1) is 0 Å². The lowest BCUT2D eigenvalue weighted by molar-refractivity contribution is 0.0757. The van der Waals surface area contributed by atoms with Crippen molar-refractivity contribution in [3.8, 4) is 0 Å². The van der Waals surface area contributed by atoms with E-state index in [-0.39, 0.29) is 0 Å². The van der Waals surface area contributed by atoms with Gasteiger partial charge in [-0.3, -0.25) is 0 Å². The van der Waals surface area contributed by atoms with Crippen molar-refractivity contribution in [1.82, 2.24) is 9.38 Å². The molecule has 0 amide bonds. The predicted octanol–water partition coefficient (Wildman–Crippen LogP) is 2.69. The van der Waals surface area contributed by atoms with Gasteiger partial charge in [0.25, 0.3) is 0 Å². The smallest absolute Gasteiger partial charge is 0.116 e. The number of hydrogen-bond acceptors (Lipinski definition) is 2. The number of aromatic nitrogens is 2. The Morgan fingerprint density at radius 2 is 2.00 bits per heavy atom. The molecule has 1 N–H and O–H groups in total. The molecule has 0 fully saturated rings. The fraction of sp³-hybridized carbons (Fsp3) is 0.462. The molecule has 0 saturated carbocycles. The Kier molecular flexibility index (Phi) is 2.50. The first-order valence-corrected chi connectivity index (χ1v) is 5.61. The Balaban J connectivity index is 2.77. The molecule has 2 heterocycles. The highest BCUT2D eigenvalue weighted by molar-refractivity contribution is 5.55. The molecule has 2 aromatic rings. The maximum Gasteiger partial charge on any atom is 0.116 e. The molecule has 2 aromatic heterocycles. The van der Waals surface area contributed by atoms with E-state index >= 15 is 0 Å². The number of imidazole rings is 1. The van der Waals surface area contributed by atoms with Crippen LogP contribution >= 0.6 is 0 Å². The van der Waals surface area contributed by atoms with Crippen LogP contribution in [-0.2, 0) is 5.60 Å². The first kappa shape index (κ1) is 11.1. The van der Waals surface area contributed by atoms with Crippen molar-refractivity contribution in [3.63, 3.8) is 0 Å². The Morgan fingerprint density at radius 3 is 2.56 bits per heavy atom. The molecule has 0 saturated heterocycles. The molecule has 0 spiro atoms. The maximum atomic E-state index is 10.1. The van der Waals surface area contributed by atoms with Gasteiger partial charge in [0.05, 0.1) is 11.2 Å². The number of aliphatic hydroxyl groups is 1. The Labute approximate surface area is 95.8 Å². The third-order valence-corrected chi connectivity index (χ3v) is 2.67. The molecule has 86 valence electrons. The van der Waals surface area contributed by atoms with Crippen LogP contribution in [0.1, 0.15) is 45.1 Å². The van der Waals surface area contributed by atoms with E-state index in [1.165, 1.54) is 0 Å². The van der Waals surface area contributed by atoms with Crippen LogP contribution in [0.15, 0.2) is 24.4 Å². The zero-order valence-corrected chi connectivity index (χ0v) is 10.2. The van der Waals surface area contributed by atoms with Gasteiger partial charge in [0.1, 0.15) is 11.4 Å². The molecule has 0 radical (unpaired) electrons. The second kappa shape index (κ2) is 3.59. The summed E-state index contributed by atoms with van der Waals surface area (Å²) in [5.74, 6) is 1.33. The normalized spacial score (nSPS) is 12.6. The second-order valence-electron chi connectivity index (χ2n) is 4.99. The van der Waals surface area contributed by atoms with Gasteiger partial charge in [-0.25, -0.2) is 4.98 Å². The molecule has 2 rings (SSSR count). The Morgan fingerprint density at radius 1 is 1.31 bits per heavy atom. The fourth-order valence-corrected chi connectivity index (χ4v) is 1.92. The average Bonchev–Trinajstić information content (AvgIpc) is 2.56. The van der Waals surface area contributed by atoms with Crippen LogP contribution in [0.4, 0.5) is 0 Å². The number of rotatable bonds is 2. The summed E-state index contributed by atoms with van der Waals surface area (Å²) in [5, 5.41) is 10.1. The number of nitrogens with zero attached hydrogens (tertiary/aromatic N) is 2. The van der Waals surface area contributed by atoms with Crippen LogP contribution in [0, 0.1) is 0 Å². The van der Waals surface area contributed by atoms with Crippen LogP contribution in [-0.4, -0.2) is 14.5 Å². The number of fused-ring (bicyclic) bond motifs is 1. The third-order valence-electron chi connectivity index (χ3n) is 2.67. The summed E-state index contributed by atoms with van der Waals surface area (Å²) < 4.78 is 2.05. The van der Waals surface area contributed by atoms with Gasteiger partial charge in [-0.2, -0.15) is 0 Å². The Bertz CT molecular complexity index is 506. The molecule has 0 aromatic carbocycles. The van der Waals surface area contributed by atoms with E-state index < -0.39 is 5.60 Å². The van der Waals surface area contributed by atoms with Gasteiger partial charge in [0, 0.05) is 12.1 Å². The summed E-state index contributed by atoms with van der Waals surface area (Å²) >= 11 is 0. The summed E-state index contributed by atoms with van der Waals surface area (Å²) in [6, 6.07) is 5.94. The average molecular weight is 218 g/mol. The minimum Gasteiger partial charge on any atom is -0.384 e. The zero-order chi connectivity index (χ0) is 11.9. The van der Waals surface area contributed by atoms with Crippen molar-refractivity contribution in [2.24, 2.45) is 0 Å². The highest BCUT2D eigenvalue weighted by atomic mass is 16.3. The lowest BCUT2D eigenvalue weighted by Gasteiger charge is -2.14. The number of pyridine rings is 1. The van der Waals surface area contributed by atoms with Crippen molar-refractivity contribution >= 4 is 5.52 Å². The van der Waals surface area contributed by atoms with Crippen LogP contribution in [0.5, 0.6) is 0 Å². The molecular weight excluding hydrogens is 200 g/mol. The van der Waals surface area contributed by atoms with E-state index in [9.17, 15) is 5.11 Å². The fourth-order valence-electron chi connectivity index (χ4n) is 1.92. The van der Waals surface area contributed by atoms with Gasteiger partial charge in [-0.05, 0) is 26.0 Å². The van der Waals surface area contributed by atoms with Crippen LogP contribution in [0.25, 0.3) is 5.52 Å². The summed E-state index contributed by atoms with van der Waals surface area (Å²) in [5.41, 5.74) is 0.829. The monoisotopic (exact) mass is 218 g/mol. The molecule has 3 heteroatoms. The lowest BCUT2D eigenvalue weighted by atomic mass is 10.0. The first-order chi connectivity index (χ1) is 7.41. The molecule has 0 bridgehead atoms. The van der Waals surface area contributed by atoms with E-state index in [2.05, 4.69) is 23.2 Å². The molecule has 0 aliphatic heterocycles. The van der Waals surface area contributed by atoms with E-state index in [4.69, 9.17) is 0 Å². The highest BCUT2D eigenvalue weighted by Gasteiger charge is 2.24. The largest absolute Gasteiger partial charge is 0.384 e. The van der Waals surface area contributed by atoms with Crippen LogP contribution in [0.3, 0.4) is 0 Å². The maximum absolute atomic E-state index is 10.1. The number of hydrogen-bond donors (Lipinski definition) is 1. The summed E-state index contributed by atoms with van der Waals surface area (Å²) in [6.45, 7) is 7.75. The van der Waals surface area contributed by atoms with Gasteiger partial charge < -0.3 is 9.51 Å². The molecule has 3 nitrogen and oxygen atoms in total. The topological polar surface area (TPSA) is 37.5 Å². The highest BCUT2D eigenvalue weighted by Crippen LogP contribution is 2.27. The van der Waals surface area contributed by atoms with Crippen molar-refractivity contribution in [1.29, 1.82) is 0 Å². The van der Waals surface area contributed by atoms with Gasteiger partial charge in [0.2, 0.25) is 0 Å². The van der Waals surface area contributed by atoms with E-state index in [1.807, 2.05) is 24.4 Å². The third kappa shape index (κ3) is 1.71. The molecule has 0 atom stereocenters. The van der Waals surface area contributed by atoms with Crippen molar-refractivity contribution in [2.75, 3.05) is 0 Å². The minimum absolute atomic E-state index is 0.339. The lowest BCUT2D eigenvalue weighted by Crippen LogP contribution is -2.16. The zero-order valence-electron chi connectivity index (χ0n) is 10.2. The first-order valence-electron chi connectivity index (χ1n) is 5.61. The summed E-state index contributed by atoms with van der Waals surface area (Å²) in [4.78, 5) is 4.57. The quantitative estimate of drug-likeness (QED) is 0.841. The van der Waals surface area contributed by atoms with E-state index in [0.29, 0.717) is 5.92 Å². The van der Waals surface area contributed by atoms with Crippen LogP contribution < -0.4 is 0 Å². The molecule has 0 unspecified atom stereocenters. The Hall–Kier alpha value is -1.35. The molecule has 0 aliphatic carbocycles. The van der Waals surface area contributed by atoms with Crippen molar-refractivity contribution < 1.29 is 5.11 Å². The van der Waals surface area contributed by atoms with E-state index in [1.54, 1.807) is 13.8 Å². The van der Waals surface area contributed by atoms with Crippen molar-refractivity contribution in [3.05, 3.63) is 35.9 Å². The van der Waals surface area contributed by atoms with Gasteiger partial charge in [-0.1, -0.05) is 19.9 Å². The summed E-state index contributed by atoms with van der Waals surface area (Å²) in [7, 11) is 0.